The molecule has 0 aliphatic carbocycles. The van der Waals surface area contributed by atoms with Crippen molar-refractivity contribution in [3.05, 3.63) is 0 Å². The number of nitrogens with zero attached hydrogens (tertiary/aromatic N) is 1. The van der Waals surface area contributed by atoms with E-state index >= 15 is 0 Å². The zero-order valence-corrected chi connectivity index (χ0v) is 13.3. The number of rotatable bonds is 12. The van der Waals surface area contributed by atoms with Crippen LogP contribution in [0, 0.1) is 5.92 Å². The van der Waals surface area contributed by atoms with Crippen molar-refractivity contribution in [1.29, 1.82) is 0 Å². The van der Waals surface area contributed by atoms with Gasteiger partial charge in [0.2, 0.25) is 5.91 Å². The highest BCUT2D eigenvalue weighted by atomic mass is 16.2. The Morgan fingerprint density at radius 3 is 2.26 bits per heavy atom. The summed E-state index contributed by atoms with van der Waals surface area (Å²) >= 11 is 0. The second kappa shape index (κ2) is 12.5. The normalized spacial score (nSPS) is 11.0. The molecular weight excluding hydrogens is 236 g/mol. The van der Waals surface area contributed by atoms with Crippen LogP contribution in [0.1, 0.15) is 72.1 Å². The molecule has 0 aromatic rings. The van der Waals surface area contributed by atoms with Crippen LogP contribution < -0.4 is 5.73 Å². The fraction of sp³-hybridized carbons (Fsp3) is 0.938. The minimum absolute atomic E-state index is 0.317. The molecule has 0 aliphatic rings. The molecule has 0 fully saturated rings. The molecule has 0 aliphatic heterocycles. The molecule has 0 spiro atoms. The van der Waals surface area contributed by atoms with Crippen molar-refractivity contribution >= 4 is 5.91 Å². The first kappa shape index (κ1) is 18.4. The van der Waals surface area contributed by atoms with E-state index in [9.17, 15) is 4.79 Å². The van der Waals surface area contributed by atoms with Crippen molar-refractivity contribution in [2.45, 2.75) is 72.1 Å². The highest BCUT2D eigenvalue weighted by molar-refractivity contribution is 5.76. The number of hydrogen-bond acceptors (Lipinski definition) is 2. The first-order chi connectivity index (χ1) is 9.11. The van der Waals surface area contributed by atoms with Crippen LogP contribution in [0.4, 0.5) is 0 Å². The predicted molar refractivity (Wildman–Crippen MR) is 83.1 cm³/mol. The summed E-state index contributed by atoms with van der Waals surface area (Å²) in [6, 6.07) is 0. The van der Waals surface area contributed by atoms with Crippen LogP contribution in [0.5, 0.6) is 0 Å². The Labute approximate surface area is 119 Å². The maximum atomic E-state index is 12.2. The molecule has 0 saturated carbocycles. The van der Waals surface area contributed by atoms with Gasteiger partial charge < -0.3 is 10.6 Å². The van der Waals surface area contributed by atoms with Crippen molar-refractivity contribution in [3.8, 4) is 0 Å². The van der Waals surface area contributed by atoms with Crippen LogP contribution in [-0.2, 0) is 4.79 Å². The van der Waals surface area contributed by atoms with E-state index in [1.165, 1.54) is 32.1 Å². The van der Waals surface area contributed by atoms with E-state index in [1.807, 2.05) is 4.90 Å². The van der Waals surface area contributed by atoms with E-state index in [2.05, 4.69) is 20.8 Å². The largest absolute Gasteiger partial charge is 0.342 e. The first-order valence-electron chi connectivity index (χ1n) is 8.09. The van der Waals surface area contributed by atoms with Gasteiger partial charge in [-0.25, -0.2) is 0 Å². The lowest BCUT2D eigenvalue weighted by atomic mass is 10.1. The van der Waals surface area contributed by atoms with Crippen molar-refractivity contribution in [2.75, 3.05) is 19.6 Å². The zero-order chi connectivity index (χ0) is 14.5. The maximum Gasteiger partial charge on any atom is 0.222 e. The van der Waals surface area contributed by atoms with E-state index in [0.29, 0.717) is 24.8 Å². The van der Waals surface area contributed by atoms with Gasteiger partial charge in [-0.1, -0.05) is 52.9 Å². The van der Waals surface area contributed by atoms with Crippen LogP contribution in [0.15, 0.2) is 0 Å². The molecule has 0 atom stereocenters. The molecule has 19 heavy (non-hydrogen) atoms. The molecule has 0 rings (SSSR count). The van der Waals surface area contributed by atoms with Gasteiger partial charge in [0.05, 0.1) is 0 Å². The summed E-state index contributed by atoms with van der Waals surface area (Å²) in [6.07, 6.45) is 9.04. The maximum absolute atomic E-state index is 12.2. The quantitative estimate of drug-likeness (QED) is 0.551. The van der Waals surface area contributed by atoms with Gasteiger partial charge in [-0.05, 0) is 25.3 Å². The Balaban J connectivity index is 3.82. The number of unbranched alkanes of at least 4 members (excludes halogenated alkanes) is 5. The van der Waals surface area contributed by atoms with Gasteiger partial charge in [0.25, 0.3) is 0 Å². The topological polar surface area (TPSA) is 46.3 Å². The molecule has 0 heterocycles. The smallest absolute Gasteiger partial charge is 0.222 e. The monoisotopic (exact) mass is 270 g/mol. The zero-order valence-electron chi connectivity index (χ0n) is 13.3. The molecular formula is C16H34N2O. The Morgan fingerprint density at radius 2 is 1.68 bits per heavy atom. The Hall–Kier alpha value is -0.570. The second-order valence-electron chi connectivity index (χ2n) is 5.89. The summed E-state index contributed by atoms with van der Waals surface area (Å²) in [5.41, 5.74) is 5.54. The summed E-state index contributed by atoms with van der Waals surface area (Å²) in [7, 11) is 0. The van der Waals surface area contributed by atoms with Gasteiger partial charge in [-0.15, -0.1) is 0 Å². The summed E-state index contributed by atoms with van der Waals surface area (Å²) in [4.78, 5) is 14.2. The van der Waals surface area contributed by atoms with Crippen LogP contribution >= 0.6 is 0 Å². The van der Waals surface area contributed by atoms with Gasteiger partial charge in [-0.3, -0.25) is 4.79 Å². The van der Waals surface area contributed by atoms with Crippen molar-refractivity contribution in [1.82, 2.24) is 4.90 Å². The molecule has 3 heteroatoms. The average Bonchev–Trinajstić information content (AvgIpc) is 2.37. The summed E-state index contributed by atoms with van der Waals surface area (Å²) < 4.78 is 0. The number of carbonyl (C=O) groups is 1. The Bertz CT molecular complexity index is 217. The fourth-order valence-corrected chi connectivity index (χ4v) is 2.26. The van der Waals surface area contributed by atoms with E-state index in [-0.39, 0.29) is 0 Å². The number of amides is 1. The lowest BCUT2D eigenvalue weighted by Crippen LogP contribution is -2.35. The first-order valence-corrected chi connectivity index (χ1v) is 8.09. The van der Waals surface area contributed by atoms with Crippen LogP contribution in [-0.4, -0.2) is 30.4 Å². The molecule has 0 aromatic carbocycles. The number of hydrogen-bond donors (Lipinski definition) is 1. The molecule has 0 bridgehead atoms. The molecule has 1 amide bonds. The minimum atomic E-state index is 0.317. The third-order valence-electron chi connectivity index (χ3n) is 3.31. The third kappa shape index (κ3) is 11.0. The Kier molecular flexibility index (Phi) is 12.1. The average molecular weight is 270 g/mol. The molecule has 3 nitrogen and oxygen atoms in total. The summed E-state index contributed by atoms with van der Waals surface area (Å²) in [6.45, 7) is 8.91. The van der Waals surface area contributed by atoms with E-state index in [0.717, 1.165) is 25.9 Å². The molecule has 0 unspecified atom stereocenters. The van der Waals surface area contributed by atoms with Crippen molar-refractivity contribution in [3.63, 3.8) is 0 Å². The van der Waals surface area contributed by atoms with Crippen molar-refractivity contribution in [2.24, 2.45) is 11.7 Å². The SMILES string of the molecule is CCCCCCCCC(=O)N(CCCN)CC(C)C. The van der Waals surface area contributed by atoms with Gasteiger partial charge in [-0.2, -0.15) is 0 Å². The van der Waals surface area contributed by atoms with Gasteiger partial charge in [0.1, 0.15) is 0 Å². The molecule has 2 N–H and O–H groups in total. The molecule has 0 aromatic heterocycles. The minimum Gasteiger partial charge on any atom is -0.342 e. The van der Waals surface area contributed by atoms with E-state index < -0.39 is 0 Å². The van der Waals surface area contributed by atoms with E-state index in [1.54, 1.807) is 0 Å². The third-order valence-corrected chi connectivity index (χ3v) is 3.31. The number of nitrogens with two attached hydrogens (primary N) is 1. The molecule has 0 radical (unpaired) electrons. The second-order valence-corrected chi connectivity index (χ2v) is 5.89. The van der Waals surface area contributed by atoms with Gasteiger partial charge in [0, 0.05) is 19.5 Å². The van der Waals surface area contributed by atoms with Gasteiger partial charge in [0.15, 0.2) is 0 Å². The highest BCUT2D eigenvalue weighted by Gasteiger charge is 2.13. The molecule has 114 valence electrons. The Morgan fingerprint density at radius 1 is 1.05 bits per heavy atom. The standard InChI is InChI=1S/C16H34N2O/c1-4-5-6-7-8-9-11-16(19)18(13-10-12-17)14-15(2)3/h15H,4-14,17H2,1-3H3. The summed E-state index contributed by atoms with van der Waals surface area (Å²) in [5, 5.41) is 0. The summed E-state index contributed by atoms with van der Waals surface area (Å²) in [5.74, 6) is 0.851. The fourth-order valence-electron chi connectivity index (χ4n) is 2.26. The highest BCUT2D eigenvalue weighted by Crippen LogP contribution is 2.09. The van der Waals surface area contributed by atoms with Crippen molar-refractivity contribution < 1.29 is 4.79 Å². The van der Waals surface area contributed by atoms with Crippen LogP contribution in [0.25, 0.3) is 0 Å². The molecule has 0 saturated heterocycles. The lowest BCUT2D eigenvalue weighted by Gasteiger charge is -2.24. The van der Waals surface area contributed by atoms with Crippen LogP contribution in [0.2, 0.25) is 0 Å². The number of carbonyl (C=O) groups excluding carboxylic acids is 1. The van der Waals surface area contributed by atoms with E-state index in [4.69, 9.17) is 5.73 Å². The predicted octanol–water partition coefficient (Wildman–Crippen LogP) is 3.57. The van der Waals surface area contributed by atoms with Crippen LogP contribution in [0.3, 0.4) is 0 Å². The van der Waals surface area contributed by atoms with Gasteiger partial charge >= 0.3 is 0 Å². The lowest BCUT2D eigenvalue weighted by molar-refractivity contribution is -0.131.